The first-order valence-electron chi connectivity index (χ1n) is 7.89. The fraction of sp³-hybridized carbons (Fsp3) is 0.611. The van der Waals surface area contributed by atoms with Gasteiger partial charge in [0.2, 0.25) is 5.91 Å². The molecule has 0 fully saturated rings. The van der Waals surface area contributed by atoms with Crippen LogP contribution in [-0.4, -0.2) is 37.6 Å². The van der Waals surface area contributed by atoms with Crippen LogP contribution in [0.2, 0.25) is 0 Å². The van der Waals surface area contributed by atoms with Gasteiger partial charge >= 0.3 is 0 Å². The molecule has 4 heteroatoms. The van der Waals surface area contributed by atoms with Gasteiger partial charge in [0.1, 0.15) is 5.75 Å². The summed E-state index contributed by atoms with van der Waals surface area (Å²) in [7, 11) is 1.83. The topological polar surface area (TPSA) is 55.6 Å². The zero-order chi connectivity index (χ0) is 16.8. The van der Waals surface area contributed by atoms with Crippen LogP contribution in [0.3, 0.4) is 0 Å². The van der Waals surface area contributed by atoms with Crippen LogP contribution in [0, 0.1) is 11.3 Å². The Hall–Kier alpha value is -1.55. The van der Waals surface area contributed by atoms with Crippen molar-refractivity contribution in [3.05, 3.63) is 29.8 Å². The van der Waals surface area contributed by atoms with Gasteiger partial charge in [0.15, 0.2) is 0 Å². The molecule has 0 radical (unpaired) electrons. The van der Waals surface area contributed by atoms with Gasteiger partial charge in [-0.15, -0.1) is 0 Å². The van der Waals surface area contributed by atoms with Crippen LogP contribution in [0.25, 0.3) is 0 Å². The maximum atomic E-state index is 12.3. The van der Waals surface area contributed by atoms with Crippen molar-refractivity contribution >= 4 is 5.91 Å². The van der Waals surface area contributed by atoms with E-state index in [9.17, 15) is 4.79 Å². The van der Waals surface area contributed by atoms with E-state index < -0.39 is 0 Å². The highest BCUT2D eigenvalue weighted by atomic mass is 16.5. The molecule has 1 aromatic carbocycles. The smallest absolute Gasteiger partial charge is 0.226 e. The summed E-state index contributed by atoms with van der Waals surface area (Å²) >= 11 is 0. The number of hydrogen-bond donors (Lipinski definition) is 1. The summed E-state index contributed by atoms with van der Waals surface area (Å²) in [6.45, 7) is 10.3. The van der Waals surface area contributed by atoms with Crippen molar-refractivity contribution in [2.75, 3.05) is 26.7 Å². The lowest BCUT2D eigenvalue weighted by Gasteiger charge is -2.29. The molecule has 0 aromatic heterocycles. The monoisotopic (exact) mass is 306 g/mol. The normalized spacial score (nSPS) is 11.6. The molecule has 0 aliphatic rings. The summed E-state index contributed by atoms with van der Waals surface area (Å²) in [5.74, 6) is 1.46. The zero-order valence-corrected chi connectivity index (χ0v) is 14.6. The maximum Gasteiger partial charge on any atom is 0.226 e. The third-order valence-electron chi connectivity index (χ3n) is 3.51. The molecule has 0 unspecified atom stereocenters. The summed E-state index contributed by atoms with van der Waals surface area (Å²) < 4.78 is 5.65. The average Bonchev–Trinajstić information content (AvgIpc) is 2.46. The van der Waals surface area contributed by atoms with Gasteiger partial charge in [-0.25, -0.2) is 0 Å². The van der Waals surface area contributed by atoms with Gasteiger partial charge in [0.05, 0.1) is 13.0 Å². The highest BCUT2D eigenvalue weighted by molar-refractivity contribution is 5.78. The lowest BCUT2D eigenvalue weighted by molar-refractivity contribution is -0.130. The predicted molar refractivity (Wildman–Crippen MR) is 91.0 cm³/mol. The van der Waals surface area contributed by atoms with Crippen molar-refractivity contribution in [1.82, 2.24) is 4.90 Å². The van der Waals surface area contributed by atoms with Gasteiger partial charge in [-0.3, -0.25) is 4.79 Å². The second-order valence-electron chi connectivity index (χ2n) is 7.14. The molecule has 4 nitrogen and oxygen atoms in total. The number of carbonyl (C=O) groups excluding carboxylic acids is 1. The number of rotatable bonds is 8. The summed E-state index contributed by atoms with van der Waals surface area (Å²) in [6.07, 6.45) is 0.404. The molecule has 0 bridgehead atoms. The third kappa shape index (κ3) is 6.48. The fourth-order valence-corrected chi connectivity index (χ4v) is 2.07. The predicted octanol–water partition coefficient (Wildman–Crippen LogP) is 2.71. The van der Waals surface area contributed by atoms with Crippen molar-refractivity contribution in [2.45, 2.75) is 34.1 Å². The molecular weight excluding hydrogens is 276 g/mol. The van der Waals surface area contributed by atoms with Crippen LogP contribution in [0.15, 0.2) is 24.3 Å². The highest BCUT2D eigenvalue weighted by Crippen LogP contribution is 2.16. The van der Waals surface area contributed by atoms with Crippen LogP contribution in [0.4, 0.5) is 0 Å². The molecule has 0 saturated heterocycles. The molecule has 22 heavy (non-hydrogen) atoms. The molecule has 0 aliphatic carbocycles. The summed E-state index contributed by atoms with van der Waals surface area (Å²) in [4.78, 5) is 14.0. The molecule has 0 atom stereocenters. The largest absolute Gasteiger partial charge is 0.493 e. The van der Waals surface area contributed by atoms with Gasteiger partial charge in [0.25, 0.3) is 0 Å². The number of likely N-dealkylation sites (N-methyl/N-ethyl adjacent to an activating group) is 1. The molecule has 0 heterocycles. The van der Waals surface area contributed by atoms with Gasteiger partial charge in [-0.2, -0.15) is 0 Å². The van der Waals surface area contributed by atoms with Crippen molar-refractivity contribution < 1.29 is 9.53 Å². The number of nitrogens with zero attached hydrogens (tertiary/aromatic N) is 1. The molecule has 0 aliphatic heterocycles. The van der Waals surface area contributed by atoms with Crippen molar-refractivity contribution in [2.24, 2.45) is 17.1 Å². The number of amides is 1. The highest BCUT2D eigenvalue weighted by Gasteiger charge is 2.21. The second-order valence-corrected chi connectivity index (χ2v) is 7.14. The number of carbonyl (C=O) groups is 1. The van der Waals surface area contributed by atoms with E-state index in [4.69, 9.17) is 10.5 Å². The van der Waals surface area contributed by atoms with E-state index in [0.29, 0.717) is 32.0 Å². The van der Waals surface area contributed by atoms with Gasteiger partial charge in [-0.1, -0.05) is 39.8 Å². The van der Waals surface area contributed by atoms with E-state index in [1.165, 1.54) is 0 Å². The molecule has 2 N–H and O–H groups in total. The van der Waals surface area contributed by atoms with Crippen LogP contribution < -0.4 is 10.5 Å². The quantitative estimate of drug-likeness (QED) is 0.803. The Labute approximate surface area is 134 Å². The van der Waals surface area contributed by atoms with Gasteiger partial charge in [0, 0.05) is 13.6 Å². The minimum atomic E-state index is -0.0566. The lowest BCUT2D eigenvalue weighted by atomic mass is 9.93. The lowest BCUT2D eigenvalue weighted by Crippen LogP contribution is -2.40. The zero-order valence-electron chi connectivity index (χ0n) is 14.6. The van der Waals surface area contributed by atoms with Crippen LogP contribution >= 0.6 is 0 Å². The molecule has 1 amide bonds. The Bertz CT molecular complexity index is 466. The Kier molecular flexibility index (Phi) is 6.88. The molecular formula is C18H30N2O2. The molecule has 0 saturated carbocycles. The first-order chi connectivity index (χ1) is 10.2. The average molecular weight is 306 g/mol. The summed E-state index contributed by atoms with van der Waals surface area (Å²) in [5.41, 5.74) is 6.66. The van der Waals surface area contributed by atoms with E-state index in [2.05, 4.69) is 27.7 Å². The third-order valence-corrected chi connectivity index (χ3v) is 3.51. The molecule has 1 rings (SSSR count). The molecule has 0 spiro atoms. The van der Waals surface area contributed by atoms with E-state index in [-0.39, 0.29) is 11.3 Å². The van der Waals surface area contributed by atoms with E-state index >= 15 is 0 Å². The summed E-state index contributed by atoms with van der Waals surface area (Å²) in [5, 5.41) is 0. The summed E-state index contributed by atoms with van der Waals surface area (Å²) in [6, 6.07) is 7.76. The standard InChI is InChI=1S/C18H30N2O2/c1-14(2)11-22-16-8-6-15(7-9-16)10-17(21)20(5)13-18(3,4)12-19/h6-9,14H,10-13,19H2,1-5H3. The fourth-order valence-electron chi connectivity index (χ4n) is 2.07. The Morgan fingerprint density at radius 1 is 1.27 bits per heavy atom. The SMILES string of the molecule is CC(C)COc1ccc(CC(=O)N(C)CC(C)(C)CN)cc1. The number of hydrogen-bond acceptors (Lipinski definition) is 3. The van der Waals surface area contributed by atoms with Gasteiger partial charge < -0.3 is 15.4 Å². The van der Waals surface area contributed by atoms with E-state index in [1.807, 2.05) is 31.3 Å². The molecule has 1 aromatic rings. The number of ether oxygens (including phenoxy) is 1. The first-order valence-corrected chi connectivity index (χ1v) is 7.89. The van der Waals surface area contributed by atoms with Crippen molar-refractivity contribution in [3.8, 4) is 5.75 Å². The van der Waals surface area contributed by atoms with Crippen LogP contribution in [0.5, 0.6) is 5.75 Å². The van der Waals surface area contributed by atoms with Gasteiger partial charge in [-0.05, 0) is 35.6 Å². The second kappa shape index (κ2) is 8.18. The Morgan fingerprint density at radius 3 is 2.36 bits per heavy atom. The molecule has 124 valence electrons. The maximum absolute atomic E-state index is 12.3. The van der Waals surface area contributed by atoms with Crippen molar-refractivity contribution in [1.29, 1.82) is 0 Å². The first kappa shape index (κ1) is 18.5. The number of nitrogens with two attached hydrogens (primary N) is 1. The Balaban J connectivity index is 2.54. The Morgan fingerprint density at radius 2 is 1.86 bits per heavy atom. The number of benzene rings is 1. The minimum Gasteiger partial charge on any atom is -0.493 e. The van der Waals surface area contributed by atoms with E-state index in [1.54, 1.807) is 4.90 Å². The van der Waals surface area contributed by atoms with Crippen molar-refractivity contribution in [3.63, 3.8) is 0 Å². The van der Waals surface area contributed by atoms with Crippen LogP contribution in [-0.2, 0) is 11.2 Å². The van der Waals surface area contributed by atoms with Crippen LogP contribution in [0.1, 0.15) is 33.3 Å². The van der Waals surface area contributed by atoms with E-state index in [0.717, 1.165) is 11.3 Å². The minimum absolute atomic E-state index is 0.0566.